The minimum absolute atomic E-state index is 0.153. The Kier molecular flexibility index (Phi) is 4.04. The topological polar surface area (TPSA) is 66.8 Å². The zero-order chi connectivity index (χ0) is 14.9. The largest absolute Gasteiger partial charge is 0.481 e. The van der Waals surface area contributed by atoms with Crippen molar-refractivity contribution in [1.29, 1.82) is 0 Å². The number of amides is 1. The Balaban J connectivity index is 2.12. The van der Waals surface area contributed by atoms with Crippen LogP contribution in [-0.4, -0.2) is 40.8 Å². The molecule has 0 aliphatic carbocycles. The van der Waals surface area contributed by atoms with E-state index in [4.69, 9.17) is 4.74 Å². The Bertz CT molecular complexity index is 492. The molecule has 6 heteroatoms. The third-order valence-electron chi connectivity index (χ3n) is 3.20. The highest BCUT2D eigenvalue weighted by molar-refractivity contribution is 7.10. The SMILES string of the molecule is CC(C)(C)OC(=O)N1CC(C(=O)O)C(c2cccs2)C1. The molecule has 1 aliphatic rings. The third-order valence-corrected chi connectivity index (χ3v) is 4.20. The highest BCUT2D eigenvalue weighted by Crippen LogP contribution is 2.35. The van der Waals surface area contributed by atoms with Crippen molar-refractivity contribution >= 4 is 23.4 Å². The lowest BCUT2D eigenvalue weighted by Crippen LogP contribution is -2.35. The minimum Gasteiger partial charge on any atom is -0.481 e. The maximum absolute atomic E-state index is 12.1. The Morgan fingerprint density at radius 1 is 1.40 bits per heavy atom. The lowest BCUT2D eigenvalue weighted by Gasteiger charge is -2.24. The van der Waals surface area contributed by atoms with Crippen LogP contribution in [0.2, 0.25) is 0 Å². The second-order valence-electron chi connectivity index (χ2n) is 5.95. The fourth-order valence-corrected chi connectivity index (χ4v) is 3.21. The van der Waals surface area contributed by atoms with Gasteiger partial charge < -0.3 is 14.7 Å². The molecule has 2 unspecified atom stereocenters. The number of rotatable bonds is 2. The Labute approximate surface area is 122 Å². The molecule has 1 fully saturated rings. The number of carbonyl (C=O) groups excluding carboxylic acids is 1. The van der Waals surface area contributed by atoms with Gasteiger partial charge in [-0.25, -0.2) is 4.79 Å². The van der Waals surface area contributed by atoms with Crippen LogP contribution in [0.15, 0.2) is 17.5 Å². The summed E-state index contributed by atoms with van der Waals surface area (Å²) in [6.07, 6.45) is -0.442. The van der Waals surface area contributed by atoms with Crippen molar-refractivity contribution in [3.05, 3.63) is 22.4 Å². The second-order valence-corrected chi connectivity index (χ2v) is 6.93. The smallest absolute Gasteiger partial charge is 0.410 e. The van der Waals surface area contributed by atoms with E-state index in [0.29, 0.717) is 6.54 Å². The van der Waals surface area contributed by atoms with Crippen LogP contribution in [0.4, 0.5) is 4.79 Å². The molecular weight excluding hydrogens is 278 g/mol. The van der Waals surface area contributed by atoms with Gasteiger partial charge >= 0.3 is 12.1 Å². The average Bonchev–Trinajstić information content (AvgIpc) is 2.95. The van der Waals surface area contributed by atoms with E-state index in [-0.39, 0.29) is 12.5 Å². The van der Waals surface area contributed by atoms with Crippen molar-refractivity contribution in [3.63, 3.8) is 0 Å². The monoisotopic (exact) mass is 297 g/mol. The van der Waals surface area contributed by atoms with Gasteiger partial charge in [-0.3, -0.25) is 4.79 Å². The number of aliphatic carboxylic acids is 1. The molecular formula is C14H19NO4S. The zero-order valence-corrected chi connectivity index (χ0v) is 12.6. The van der Waals surface area contributed by atoms with Crippen molar-refractivity contribution in [2.45, 2.75) is 32.3 Å². The van der Waals surface area contributed by atoms with E-state index < -0.39 is 23.6 Å². The van der Waals surface area contributed by atoms with E-state index in [9.17, 15) is 14.7 Å². The van der Waals surface area contributed by atoms with Crippen LogP contribution >= 0.6 is 11.3 Å². The highest BCUT2D eigenvalue weighted by atomic mass is 32.1. The molecule has 1 N–H and O–H groups in total. The van der Waals surface area contributed by atoms with Crippen molar-refractivity contribution < 1.29 is 19.4 Å². The molecule has 20 heavy (non-hydrogen) atoms. The molecule has 2 rings (SSSR count). The maximum atomic E-state index is 12.1. The van der Waals surface area contributed by atoms with Gasteiger partial charge in [-0.2, -0.15) is 0 Å². The maximum Gasteiger partial charge on any atom is 0.410 e. The van der Waals surface area contributed by atoms with Crippen LogP contribution in [0.25, 0.3) is 0 Å². The summed E-state index contributed by atoms with van der Waals surface area (Å²) in [5, 5.41) is 11.3. The number of carbonyl (C=O) groups is 2. The second kappa shape index (κ2) is 5.44. The predicted octanol–water partition coefficient (Wildman–Crippen LogP) is 2.78. The fraction of sp³-hybridized carbons (Fsp3) is 0.571. The molecule has 1 aliphatic heterocycles. The zero-order valence-electron chi connectivity index (χ0n) is 11.8. The molecule has 5 nitrogen and oxygen atoms in total. The number of likely N-dealkylation sites (tertiary alicyclic amines) is 1. The Hall–Kier alpha value is -1.56. The molecule has 2 heterocycles. The number of nitrogens with zero attached hydrogens (tertiary/aromatic N) is 1. The van der Waals surface area contributed by atoms with Crippen molar-refractivity contribution in [1.82, 2.24) is 4.90 Å². The Morgan fingerprint density at radius 3 is 2.60 bits per heavy atom. The molecule has 110 valence electrons. The van der Waals surface area contributed by atoms with Gasteiger partial charge in [0.05, 0.1) is 5.92 Å². The molecule has 1 aromatic heterocycles. The summed E-state index contributed by atoms with van der Waals surface area (Å²) in [5.74, 6) is -1.59. The van der Waals surface area contributed by atoms with E-state index in [0.717, 1.165) is 4.88 Å². The molecule has 1 saturated heterocycles. The molecule has 0 bridgehead atoms. The van der Waals surface area contributed by atoms with Crippen LogP contribution < -0.4 is 0 Å². The molecule has 0 saturated carbocycles. The number of hydrogen-bond donors (Lipinski definition) is 1. The molecule has 2 atom stereocenters. The van der Waals surface area contributed by atoms with Gasteiger partial charge in [0.25, 0.3) is 0 Å². The van der Waals surface area contributed by atoms with E-state index in [1.54, 1.807) is 20.8 Å². The predicted molar refractivity (Wildman–Crippen MR) is 76.0 cm³/mol. The number of hydrogen-bond acceptors (Lipinski definition) is 4. The fourth-order valence-electron chi connectivity index (χ4n) is 2.32. The van der Waals surface area contributed by atoms with E-state index in [1.807, 2.05) is 17.5 Å². The number of carboxylic acid groups (broad SMARTS) is 1. The molecule has 1 aromatic rings. The molecule has 0 aromatic carbocycles. The Morgan fingerprint density at radius 2 is 2.10 bits per heavy atom. The van der Waals surface area contributed by atoms with Crippen LogP contribution in [0.5, 0.6) is 0 Å². The minimum atomic E-state index is -0.866. The van der Waals surface area contributed by atoms with Crippen LogP contribution in [0.1, 0.15) is 31.6 Å². The van der Waals surface area contributed by atoms with Crippen molar-refractivity contribution in [2.24, 2.45) is 5.92 Å². The standard InChI is InChI=1S/C14H19NO4S/c1-14(2,3)19-13(18)15-7-9(10(8-15)12(16)17)11-5-4-6-20-11/h4-6,9-10H,7-8H2,1-3H3,(H,16,17). The van der Waals surface area contributed by atoms with Crippen molar-refractivity contribution in [3.8, 4) is 0 Å². The third kappa shape index (κ3) is 3.30. The van der Waals surface area contributed by atoms with E-state index in [1.165, 1.54) is 16.2 Å². The number of thiophene rings is 1. The van der Waals surface area contributed by atoms with Gasteiger partial charge in [-0.05, 0) is 32.2 Å². The van der Waals surface area contributed by atoms with Gasteiger partial charge in [0.1, 0.15) is 5.60 Å². The summed E-state index contributed by atoms with van der Waals surface area (Å²) >= 11 is 1.53. The molecule has 1 amide bonds. The summed E-state index contributed by atoms with van der Waals surface area (Å²) in [7, 11) is 0. The highest BCUT2D eigenvalue weighted by Gasteiger charge is 2.42. The average molecular weight is 297 g/mol. The first-order chi connectivity index (χ1) is 9.28. The normalized spacial score (nSPS) is 22.9. The lowest BCUT2D eigenvalue weighted by molar-refractivity contribution is -0.141. The first kappa shape index (κ1) is 14.8. The summed E-state index contributed by atoms with van der Waals surface area (Å²) in [6, 6.07) is 3.82. The van der Waals surface area contributed by atoms with Gasteiger partial charge in [-0.15, -0.1) is 11.3 Å². The summed E-state index contributed by atoms with van der Waals surface area (Å²) in [4.78, 5) is 25.9. The van der Waals surface area contributed by atoms with Gasteiger partial charge in [-0.1, -0.05) is 6.07 Å². The first-order valence-electron chi connectivity index (χ1n) is 6.52. The number of ether oxygens (including phenoxy) is 1. The van der Waals surface area contributed by atoms with Crippen LogP contribution in [-0.2, 0) is 9.53 Å². The summed E-state index contributed by atoms with van der Waals surface area (Å²) < 4.78 is 5.31. The van der Waals surface area contributed by atoms with Gasteiger partial charge in [0.2, 0.25) is 0 Å². The van der Waals surface area contributed by atoms with Crippen LogP contribution in [0, 0.1) is 5.92 Å². The van der Waals surface area contributed by atoms with Gasteiger partial charge in [0, 0.05) is 23.9 Å². The van der Waals surface area contributed by atoms with Gasteiger partial charge in [0.15, 0.2) is 0 Å². The van der Waals surface area contributed by atoms with E-state index >= 15 is 0 Å². The van der Waals surface area contributed by atoms with Crippen molar-refractivity contribution in [2.75, 3.05) is 13.1 Å². The first-order valence-corrected chi connectivity index (χ1v) is 7.40. The van der Waals surface area contributed by atoms with Crippen LogP contribution in [0.3, 0.4) is 0 Å². The lowest BCUT2D eigenvalue weighted by atomic mass is 9.95. The quantitative estimate of drug-likeness (QED) is 0.911. The molecule has 0 radical (unpaired) electrons. The van der Waals surface area contributed by atoms with E-state index in [2.05, 4.69) is 0 Å². The number of carboxylic acids is 1. The summed E-state index contributed by atoms with van der Waals surface area (Å²) in [5.41, 5.74) is -0.573. The summed E-state index contributed by atoms with van der Waals surface area (Å²) in [6.45, 7) is 5.99. The molecule has 0 spiro atoms.